The van der Waals surface area contributed by atoms with Crippen LogP contribution in [-0.4, -0.2) is 36.0 Å². The fourth-order valence-electron chi connectivity index (χ4n) is 1.73. The van der Waals surface area contributed by atoms with Crippen molar-refractivity contribution in [2.75, 3.05) is 19.7 Å². The number of aliphatic hydroxyl groups excluding tert-OH is 2. The molecule has 0 saturated carbocycles. The number of aliphatic hydroxyl groups is 2. The third-order valence-electron chi connectivity index (χ3n) is 2.82. The molecule has 1 atom stereocenters. The molecule has 0 bridgehead atoms. The first-order valence-electron chi connectivity index (χ1n) is 5.82. The number of hydrogen-bond donors (Lipinski definition) is 3. The molecule has 0 amide bonds. The van der Waals surface area contributed by atoms with E-state index in [1.807, 2.05) is 0 Å². The molecule has 3 N–H and O–H groups in total. The van der Waals surface area contributed by atoms with Crippen LogP contribution in [0.25, 0.3) is 0 Å². The molecule has 1 unspecified atom stereocenters. The second-order valence-electron chi connectivity index (χ2n) is 4.98. The van der Waals surface area contributed by atoms with Crippen molar-refractivity contribution in [3.8, 4) is 0 Å². The number of nitrogens with one attached hydrogen (secondary N) is 1. The van der Waals surface area contributed by atoms with Crippen molar-refractivity contribution in [1.29, 1.82) is 0 Å². The normalized spacial score (nSPS) is 13.7. The van der Waals surface area contributed by atoms with E-state index in [4.69, 9.17) is 5.11 Å². The Morgan fingerprint density at radius 1 is 1.33 bits per heavy atom. The third-order valence-corrected chi connectivity index (χ3v) is 2.82. The minimum absolute atomic E-state index is 0.205. The summed E-state index contributed by atoms with van der Waals surface area (Å²) in [5, 5.41) is 20.8. The summed E-state index contributed by atoms with van der Waals surface area (Å²) in [6.07, 6.45) is -0.849. The number of rotatable bonds is 6. The molecular formula is C13H19F2NO2. The SMILES string of the molecule is CC(C)(CNCC(O)CO)c1cc(F)ccc1F. The minimum Gasteiger partial charge on any atom is -0.394 e. The molecule has 1 aromatic carbocycles. The molecule has 0 saturated heterocycles. The highest BCUT2D eigenvalue weighted by molar-refractivity contribution is 5.26. The van der Waals surface area contributed by atoms with Gasteiger partial charge in [0.15, 0.2) is 0 Å². The van der Waals surface area contributed by atoms with E-state index in [0.717, 1.165) is 12.1 Å². The van der Waals surface area contributed by atoms with Crippen LogP contribution in [0.1, 0.15) is 19.4 Å². The number of hydrogen-bond acceptors (Lipinski definition) is 3. The van der Waals surface area contributed by atoms with E-state index in [2.05, 4.69) is 5.32 Å². The zero-order valence-corrected chi connectivity index (χ0v) is 10.6. The van der Waals surface area contributed by atoms with Gasteiger partial charge in [-0.05, 0) is 23.8 Å². The zero-order valence-electron chi connectivity index (χ0n) is 10.6. The van der Waals surface area contributed by atoms with Crippen molar-refractivity contribution in [2.45, 2.75) is 25.4 Å². The van der Waals surface area contributed by atoms with Gasteiger partial charge in [-0.15, -0.1) is 0 Å². The largest absolute Gasteiger partial charge is 0.394 e. The molecule has 102 valence electrons. The van der Waals surface area contributed by atoms with E-state index < -0.39 is 23.2 Å². The van der Waals surface area contributed by atoms with Crippen molar-refractivity contribution in [3.63, 3.8) is 0 Å². The van der Waals surface area contributed by atoms with Gasteiger partial charge in [-0.3, -0.25) is 0 Å². The second-order valence-corrected chi connectivity index (χ2v) is 4.98. The maximum Gasteiger partial charge on any atom is 0.127 e. The summed E-state index contributed by atoms with van der Waals surface area (Å²) in [6.45, 7) is 3.80. The van der Waals surface area contributed by atoms with Gasteiger partial charge in [0.2, 0.25) is 0 Å². The van der Waals surface area contributed by atoms with Crippen LogP contribution in [-0.2, 0) is 5.41 Å². The predicted molar refractivity (Wildman–Crippen MR) is 65.3 cm³/mol. The van der Waals surface area contributed by atoms with Crippen LogP contribution in [0.2, 0.25) is 0 Å². The van der Waals surface area contributed by atoms with Crippen molar-refractivity contribution >= 4 is 0 Å². The molecule has 3 nitrogen and oxygen atoms in total. The molecule has 0 aliphatic heterocycles. The van der Waals surface area contributed by atoms with Gasteiger partial charge in [0.25, 0.3) is 0 Å². The topological polar surface area (TPSA) is 52.5 Å². The van der Waals surface area contributed by atoms with Gasteiger partial charge in [0, 0.05) is 18.5 Å². The fraction of sp³-hybridized carbons (Fsp3) is 0.538. The first-order valence-corrected chi connectivity index (χ1v) is 5.82. The van der Waals surface area contributed by atoms with Crippen molar-refractivity contribution in [3.05, 3.63) is 35.4 Å². The number of benzene rings is 1. The highest BCUT2D eigenvalue weighted by atomic mass is 19.1. The standard InChI is InChI=1S/C13H19F2NO2/c1-13(2,8-16-6-10(18)7-17)11-5-9(14)3-4-12(11)15/h3-5,10,16-18H,6-8H2,1-2H3. The lowest BCUT2D eigenvalue weighted by Gasteiger charge is -2.26. The Kier molecular flexibility index (Phi) is 5.19. The monoisotopic (exact) mass is 259 g/mol. The first-order chi connectivity index (χ1) is 8.36. The Labute approximate surface area is 105 Å². The average molecular weight is 259 g/mol. The summed E-state index contributed by atoms with van der Waals surface area (Å²) in [5.74, 6) is -0.930. The fourth-order valence-corrected chi connectivity index (χ4v) is 1.73. The lowest BCUT2D eigenvalue weighted by Crippen LogP contribution is -2.38. The zero-order chi connectivity index (χ0) is 13.8. The number of halogens is 2. The Bertz CT molecular complexity index is 397. The van der Waals surface area contributed by atoms with Crippen molar-refractivity contribution in [2.24, 2.45) is 0 Å². The van der Waals surface area contributed by atoms with E-state index in [-0.39, 0.29) is 18.7 Å². The summed E-state index contributed by atoms with van der Waals surface area (Å²) in [5.41, 5.74) is -0.324. The molecule has 0 aliphatic carbocycles. The van der Waals surface area contributed by atoms with Crippen LogP contribution < -0.4 is 5.32 Å². The Balaban J connectivity index is 2.70. The summed E-state index contributed by atoms with van der Waals surface area (Å²) in [4.78, 5) is 0. The summed E-state index contributed by atoms with van der Waals surface area (Å²) < 4.78 is 26.8. The van der Waals surface area contributed by atoms with E-state index in [9.17, 15) is 13.9 Å². The smallest absolute Gasteiger partial charge is 0.127 e. The quantitative estimate of drug-likeness (QED) is 0.719. The third kappa shape index (κ3) is 4.01. The molecule has 0 spiro atoms. The first kappa shape index (κ1) is 15.0. The Morgan fingerprint density at radius 2 is 2.00 bits per heavy atom. The Morgan fingerprint density at radius 3 is 2.61 bits per heavy atom. The molecule has 0 radical (unpaired) electrons. The van der Waals surface area contributed by atoms with Gasteiger partial charge < -0.3 is 15.5 Å². The lowest BCUT2D eigenvalue weighted by atomic mass is 9.84. The molecule has 0 aromatic heterocycles. The van der Waals surface area contributed by atoms with Gasteiger partial charge in [0.1, 0.15) is 11.6 Å². The van der Waals surface area contributed by atoms with Crippen LogP contribution in [0.3, 0.4) is 0 Å². The molecule has 1 rings (SSSR count). The van der Waals surface area contributed by atoms with E-state index in [0.29, 0.717) is 6.54 Å². The van der Waals surface area contributed by atoms with Crippen LogP contribution >= 0.6 is 0 Å². The van der Waals surface area contributed by atoms with Crippen molar-refractivity contribution < 1.29 is 19.0 Å². The van der Waals surface area contributed by atoms with Crippen LogP contribution in [0.5, 0.6) is 0 Å². The summed E-state index contributed by atoms with van der Waals surface area (Å²) >= 11 is 0. The predicted octanol–water partition coefficient (Wildman–Crippen LogP) is 1.19. The molecular weight excluding hydrogens is 240 g/mol. The lowest BCUT2D eigenvalue weighted by molar-refractivity contribution is 0.0934. The van der Waals surface area contributed by atoms with Gasteiger partial charge in [-0.1, -0.05) is 13.8 Å². The molecule has 0 fully saturated rings. The maximum absolute atomic E-state index is 13.6. The summed E-state index contributed by atoms with van der Waals surface area (Å²) in [6, 6.07) is 3.37. The van der Waals surface area contributed by atoms with Gasteiger partial charge in [-0.25, -0.2) is 8.78 Å². The van der Waals surface area contributed by atoms with E-state index in [1.54, 1.807) is 13.8 Å². The summed E-state index contributed by atoms with van der Waals surface area (Å²) in [7, 11) is 0. The maximum atomic E-state index is 13.6. The highest BCUT2D eigenvalue weighted by Gasteiger charge is 2.24. The second kappa shape index (κ2) is 6.22. The minimum atomic E-state index is -0.849. The van der Waals surface area contributed by atoms with E-state index in [1.165, 1.54) is 6.07 Å². The Hall–Kier alpha value is -1.04. The van der Waals surface area contributed by atoms with Gasteiger partial charge in [0.05, 0.1) is 12.7 Å². The molecule has 0 heterocycles. The van der Waals surface area contributed by atoms with E-state index >= 15 is 0 Å². The molecule has 18 heavy (non-hydrogen) atoms. The van der Waals surface area contributed by atoms with Crippen molar-refractivity contribution in [1.82, 2.24) is 5.32 Å². The van der Waals surface area contributed by atoms with Crippen LogP contribution in [0.15, 0.2) is 18.2 Å². The highest BCUT2D eigenvalue weighted by Crippen LogP contribution is 2.25. The van der Waals surface area contributed by atoms with Gasteiger partial charge in [-0.2, -0.15) is 0 Å². The average Bonchev–Trinajstić information content (AvgIpc) is 2.31. The molecule has 0 aliphatic rings. The van der Waals surface area contributed by atoms with Gasteiger partial charge >= 0.3 is 0 Å². The van der Waals surface area contributed by atoms with Crippen LogP contribution in [0, 0.1) is 11.6 Å². The molecule has 5 heteroatoms. The molecule has 1 aromatic rings. The van der Waals surface area contributed by atoms with Crippen LogP contribution in [0.4, 0.5) is 8.78 Å².